The maximum Gasteiger partial charge on any atom is 0.273 e. The molecule has 1 aromatic heterocycles. The standard InChI is InChI=1S/C25H27N5O4/c31-23-5-2-6-24(32)30(23)29-14-16-9-19(7-8-20(16)25(29)33)34-22-4-1-3-21(22)28-12-18(13-28)17-10-26-15-27-11-17/h7-11,15,18,21-22H,1-6,12-14H2/t21-,22-/m1/s1. The van der Waals surface area contributed by atoms with Crippen LogP contribution in [0.4, 0.5) is 0 Å². The number of amides is 3. The largest absolute Gasteiger partial charge is 0.489 e. The van der Waals surface area contributed by atoms with E-state index in [1.54, 1.807) is 12.4 Å². The number of fused-ring (bicyclic) bond motifs is 1. The van der Waals surface area contributed by atoms with E-state index in [2.05, 4.69) is 14.9 Å². The number of hydrogen-bond donors (Lipinski definition) is 0. The van der Waals surface area contributed by atoms with Gasteiger partial charge in [0, 0.05) is 55.8 Å². The Kier molecular flexibility index (Phi) is 5.28. The van der Waals surface area contributed by atoms with Crippen molar-refractivity contribution in [2.45, 2.75) is 63.1 Å². The molecule has 3 amide bonds. The number of likely N-dealkylation sites (tertiary alicyclic amines) is 1. The molecule has 4 aliphatic rings. The lowest BCUT2D eigenvalue weighted by Gasteiger charge is -2.45. The zero-order chi connectivity index (χ0) is 23.2. The van der Waals surface area contributed by atoms with Gasteiger partial charge in [-0.1, -0.05) is 0 Å². The predicted molar refractivity (Wildman–Crippen MR) is 120 cm³/mol. The van der Waals surface area contributed by atoms with Gasteiger partial charge >= 0.3 is 0 Å². The molecule has 3 fully saturated rings. The highest BCUT2D eigenvalue weighted by atomic mass is 16.5. The first-order valence-corrected chi connectivity index (χ1v) is 12.0. The molecule has 4 heterocycles. The van der Waals surface area contributed by atoms with E-state index in [1.165, 1.54) is 10.6 Å². The summed E-state index contributed by atoms with van der Waals surface area (Å²) < 4.78 is 6.43. The Hall–Kier alpha value is -3.33. The van der Waals surface area contributed by atoms with Gasteiger partial charge in [0.1, 0.15) is 18.2 Å². The summed E-state index contributed by atoms with van der Waals surface area (Å²) in [5.74, 6) is 0.283. The lowest BCUT2D eigenvalue weighted by Crippen LogP contribution is -2.54. The third-order valence-electron chi connectivity index (χ3n) is 7.49. The summed E-state index contributed by atoms with van der Waals surface area (Å²) in [5, 5.41) is 2.32. The molecule has 34 heavy (non-hydrogen) atoms. The van der Waals surface area contributed by atoms with Crippen LogP contribution < -0.4 is 4.74 Å². The molecule has 6 rings (SSSR count). The molecule has 1 saturated carbocycles. The highest BCUT2D eigenvalue weighted by molar-refractivity contribution is 6.04. The molecule has 0 radical (unpaired) electrons. The fraction of sp³-hybridized carbons (Fsp3) is 0.480. The number of carbonyl (C=O) groups is 3. The van der Waals surface area contributed by atoms with Crippen molar-refractivity contribution in [3.63, 3.8) is 0 Å². The van der Waals surface area contributed by atoms with E-state index in [1.807, 2.05) is 24.5 Å². The Labute approximate surface area is 197 Å². The first kappa shape index (κ1) is 21.2. The number of benzene rings is 1. The number of piperidine rings is 1. The van der Waals surface area contributed by atoms with E-state index in [9.17, 15) is 14.4 Å². The van der Waals surface area contributed by atoms with Crippen molar-refractivity contribution in [1.82, 2.24) is 24.9 Å². The monoisotopic (exact) mass is 461 g/mol. The lowest BCUT2D eigenvalue weighted by atomic mass is 9.91. The zero-order valence-electron chi connectivity index (χ0n) is 18.9. The van der Waals surface area contributed by atoms with E-state index in [0.717, 1.165) is 48.7 Å². The second-order valence-electron chi connectivity index (χ2n) is 9.61. The molecule has 9 heteroatoms. The Morgan fingerprint density at radius 1 is 0.941 bits per heavy atom. The zero-order valence-corrected chi connectivity index (χ0v) is 18.9. The number of hydrogen-bond acceptors (Lipinski definition) is 7. The molecule has 1 aromatic carbocycles. The maximum atomic E-state index is 12.9. The normalized spacial score (nSPS) is 25.6. The predicted octanol–water partition coefficient (Wildman–Crippen LogP) is 2.29. The Bertz CT molecular complexity index is 1120. The van der Waals surface area contributed by atoms with Gasteiger partial charge in [-0.15, -0.1) is 0 Å². The van der Waals surface area contributed by atoms with E-state index in [-0.39, 0.29) is 43.2 Å². The van der Waals surface area contributed by atoms with Crippen LogP contribution in [-0.4, -0.2) is 67.8 Å². The minimum Gasteiger partial charge on any atom is -0.489 e. The average Bonchev–Trinajstić information content (AvgIpc) is 3.38. The number of rotatable bonds is 5. The van der Waals surface area contributed by atoms with Crippen LogP contribution in [0.5, 0.6) is 5.75 Å². The van der Waals surface area contributed by atoms with Gasteiger partial charge in [0.05, 0.1) is 6.54 Å². The smallest absolute Gasteiger partial charge is 0.273 e. The number of imide groups is 1. The van der Waals surface area contributed by atoms with Gasteiger partial charge in [-0.05, 0) is 55.0 Å². The molecule has 0 unspecified atom stereocenters. The van der Waals surface area contributed by atoms with Crippen molar-refractivity contribution in [3.05, 3.63) is 53.6 Å². The summed E-state index contributed by atoms with van der Waals surface area (Å²) in [6.07, 6.45) is 9.82. The molecule has 2 saturated heterocycles. The molecule has 3 aliphatic heterocycles. The van der Waals surface area contributed by atoms with E-state index in [4.69, 9.17) is 4.74 Å². The van der Waals surface area contributed by atoms with Crippen LogP contribution in [0.25, 0.3) is 0 Å². The van der Waals surface area contributed by atoms with Crippen molar-refractivity contribution >= 4 is 17.7 Å². The van der Waals surface area contributed by atoms with Gasteiger partial charge in [0.25, 0.3) is 5.91 Å². The van der Waals surface area contributed by atoms with Gasteiger partial charge in [-0.2, -0.15) is 5.01 Å². The molecule has 0 spiro atoms. The van der Waals surface area contributed by atoms with E-state index < -0.39 is 0 Å². The third-order valence-corrected chi connectivity index (χ3v) is 7.49. The average molecular weight is 462 g/mol. The summed E-state index contributed by atoms with van der Waals surface area (Å²) in [4.78, 5) is 48.3. The van der Waals surface area contributed by atoms with Crippen LogP contribution in [-0.2, 0) is 16.1 Å². The van der Waals surface area contributed by atoms with Crippen molar-refractivity contribution < 1.29 is 19.1 Å². The number of aromatic nitrogens is 2. The lowest BCUT2D eigenvalue weighted by molar-refractivity contribution is -0.163. The topological polar surface area (TPSA) is 95.9 Å². The van der Waals surface area contributed by atoms with Crippen LogP contribution in [0.3, 0.4) is 0 Å². The van der Waals surface area contributed by atoms with Gasteiger partial charge < -0.3 is 4.74 Å². The van der Waals surface area contributed by atoms with Crippen molar-refractivity contribution in [1.29, 1.82) is 0 Å². The first-order chi connectivity index (χ1) is 16.6. The molecule has 0 bridgehead atoms. The highest BCUT2D eigenvalue weighted by Crippen LogP contribution is 2.37. The third kappa shape index (κ3) is 3.64. The van der Waals surface area contributed by atoms with Crippen LogP contribution in [0.2, 0.25) is 0 Å². The van der Waals surface area contributed by atoms with Gasteiger partial charge in [-0.3, -0.25) is 19.3 Å². The highest BCUT2D eigenvalue weighted by Gasteiger charge is 2.42. The second kappa shape index (κ2) is 8.47. The van der Waals surface area contributed by atoms with Crippen LogP contribution in [0.1, 0.15) is 65.9 Å². The SMILES string of the molecule is O=C1c2ccc(O[C@@H]3CCC[C@H]3N3CC(c4cncnc4)C3)cc2CN1N1C(=O)CCCC1=O. The molecular weight excluding hydrogens is 434 g/mol. The number of carbonyl (C=O) groups excluding carboxylic acids is 3. The summed E-state index contributed by atoms with van der Waals surface area (Å²) in [6.45, 7) is 2.19. The minimum absolute atomic E-state index is 0.101. The number of ether oxygens (including phenoxy) is 1. The fourth-order valence-electron chi connectivity index (χ4n) is 5.68. The number of nitrogens with zero attached hydrogens (tertiary/aromatic N) is 5. The van der Waals surface area contributed by atoms with Gasteiger partial charge in [0.2, 0.25) is 11.8 Å². The van der Waals surface area contributed by atoms with Gasteiger partial charge in [0.15, 0.2) is 0 Å². The van der Waals surface area contributed by atoms with Crippen LogP contribution in [0, 0.1) is 0 Å². The van der Waals surface area contributed by atoms with Crippen LogP contribution >= 0.6 is 0 Å². The van der Waals surface area contributed by atoms with Crippen molar-refractivity contribution in [2.24, 2.45) is 0 Å². The van der Waals surface area contributed by atoms with Crippen molar-refractivity contribution in [2.75, 3.05) is 13.1 Å². The Morgan fingerprint density at radius 2 is 1.71 bits per heavy atom. The maximum absolute atomic E-state index is 12.9. The molecule has 2 aromatic rings. The van der Waals surface area contributed by atoms with Crippen molar-refractivity contribution in [3.8, 4) is 5.75 Å². The Balaban J connectivity index is 1.12. The van der Waals surface area contributed by atoms with E-state index >= 15 is 0 Å². The Morgan fingerprint density at radius 3 is 2.47 bits per heavy atom. The summed E-state index contributed by atoms with van der Waals surface area (Å²) in [5.41, 5.74) is 2.50. The molecule has 9 nitrogen and oxygen atoms in total. The van der Waals surface area contributed by atoms with Gasteiger partial charge in [-0.25, -0.2) is 15.0 Å². The molecule has 2 atom stereocenters. The number of hydrazine groups is 1. The summed E-state index contributed by atoms with van der Waals surface area (Å²) in [7, 11) is 0. The quantitative estimate of drug-likeness (QED) is 0.631. The molecule has 176 valence electrons. The van der Waals surface area contributed by atoms with E-state index in [0.29, 0.717) is 23.9 Å². The fourth-order valence-corrected chi connectivity index (χ4v) is 5.68. The minimum atomic E-state index is -0.308. The second-order valence-corrected chi connectivity index (χ2v) is 9.61. The molecular formula is C25H27N5O4. The molecule has 0 N–H and O–H groups in total. The van der Waals surface area contributed by atoms with Crippen LogP contribution in [0.15, 0.2) is 36.9 Å². The summed E-state index contributed by atoms with van der Waals surface area (Å²) >= 11 is 0. The molecule has 1 aliphatic carbocycles. The first-order valence-electron chi connectivity index (χ1n) is 12.0. The summed E-state index contributed by atoms with van der Waals surface area (Å²) in [6, 6.07) is 5.85.